The maximum Gasteiger partial charge on any atom is 0.307 e. The smallest absolute Gasteiger partial charge is 0.307 e. The number of alkyl halides is 1. The highest BCUT2D eigenvalue weighted by Gasteiger charge is 2.26. The first-order valence-electron chi connectivity index (χ1n) is 7.13. The van der Waals surface area contributed by atoms with Gasteiger partial charge in [-0.15, -0.1) is 11.6 Å². The predicted molar refractivity (Wildman–Crippen MR) is 81.3 cm³/mol. The van der Waals surface area contributed by atoms with Gasteiger partial charge in [0.2, 0.25) is 0 Å². The fraction of sp³-hybridized carbons (Fsp3) is 0.562. The van der Waals surface area contributed by atoms with Crippen molar-refractivity contribution in [2.45, 2.75) is 32.1 Å². The highest BCUT2D eigenvalue weighted by molar-refractivity contribution is 6.21. The number of nitrogens with zero attached hydrogens (tertiary/aromatic N) is 1. The van der Waals surface area contributed by atoms with Crippen LogP contribution in [0.5, 0.6) is 0 Å². The minimum absolute atomic E-state index is 0.0816. The molecule has 0 aliphatic carbocycles. The lowest BCUT2D eigenvalue weighted by Crippen LogP contribution is -2.40. The van der Waals surface area contributed by atoms with Crippen molar-refractivity contribution in [2.75, 3.05) is 19.6 Å². The molecule has 0 radical (unpaired) electrons. The molecule has 0 bridgehead atoms. The van der Waals surface area contributed by atoms with Gasteiger partial charge in [0.15, 0.2) is 0 Å². The Morgan fingerprint density at radius 3 is 2.85 bits per heavy atom. The average Bonchev–Trinajstić information content (AvgIpc) is 2.42. The normalized spacial score (nSPS) is 21.6. The van der Waals surface area contributed by atoms with E-state index in [4.69, 9.17) is 16.7 Å². The number of carboxylic acids is 1. The maximum atomic E-state index is 11.1. The molecule has 3 nitrogen and oxygen atoms in total. The number of likely N-dealkylation sites (tertiary alicyclic amines) is 1. The van der Waals surface area contributed by atoms with Crippen LogP contribution in [0.25, 0.3) is 0 Å². The van der Waals surface area contributed by atoms with Crippen LogP contribution in [0.3, 0.4) is 0 Å². The van der Waals surface area contributed by atoms with Crippen molar-refractivity contribution >= 4 is 17.6 Å². The van der Waals surface area contributed by atoms with Crippen LogP contribution in [-0.4, -0.2) is 35.6 Å². The van der Waals surface area contributed by atoms with E-state index in [1.54, 1.807) is 0 Å². The number of rotatable bonds is 4. The SMILES string of the molecule is Cc1ccc(C(Cl)CN2CCCC(C(=O)O)C2)cc1C. The number of benzene rings is 1. The van der Waals surface area contributed by atoms with Gasteiger partial charge in [-0.25, -0.2) is 0 Å². The Morgan fingerprint density at radius 2 is 2.20 bits per heavy atom. The summed E-state index contributed by atoms with van der Waals surface area (Å²) in [5, 5.41) is 9.03. The number of carboxylic acid groups (broad SMARTS) is 1. The zero-order chi connectivity index (χ0) is 14.7. The number of halogens is 1. The van der Waals surface area contributed by atoms with Gasteiger partial charge in [0.25, 0.3) is 0 Å². The Kier molecular flexibility index (Phi) is 5.06. The highest BCUT2D eigenvalue weighted by Crippen LogP contribution is 2.26. The van der Waals surface area contributed by atoms with Gasteiger partial charge in [0.1, 0.15) is 0 Å². The third-order valence-corrected chi connectivity index (χ3v) is 4.56. The molecule has 2 atom stereocenters. The monoisotopic (exact) mass is 295 g/mol. The largest absolute Gasteiger partial charge is 0.481 e. The topological polar surface area (TPSA) is 40.5 Å². The summed E-state index contributed by atoms with van der Waals surface area (Å²) in [5.41, 5.74) is 3.63. The minimum Gasteiger partial charge on any atom is -0.481 e. The van der Waals surface area contributed by atoms with Crippen LogP contribution in [-0.2, 0) is 4.79 Å². The molecule has 0 aromatic heterocycles. The van der Waals surface area contributed by atoms with Crippen molar-refractivity contribution < 1.29 is 9.90 Å². The molecule has 0 spiro atoms. The van der Waals surface area contributed by atoms with E-state index < -0.39 is 5.97 Å². The van der Waals surface area contributed by atoms with Gasteiger partial charge in [0.05, 0.1) is 11.3 Å². The number of hydrogen-bond acceptors (Lipinski definition) is 2. The van der Waals surface area contributed by atoms with Crippen LogP contribution in [0, 0.1) is 19.8 Å². The number of aryl methyl sites for hydroxylation is 2. The lowest BCUT2D eigenvalue weighted by molar-refractivity contribution is -0.143. The summed E-state index contributed by atoms with van der Waals surface area (Å²) in [4.78, 5) is 13.3. The van der Waals surface area contributed by atoms with E-state index in [2.05, 4.69) is 36.9 Å². The maximum absolute atomic E-state index is 11.1. The molecule has 1 N–H and O–H groups in total. The van der Waals surface area contributed by atoms with Crippen LogP contribution in [0.1, 0.15) is 34.9 Å². The molecule has 1 saturated heterocycles. The standard InChI is InChI=1S/C16H22ClNO2/c1-11-5-6-13(8-12(11)2)15(17)10-18-7-3-4-14(9-18)16(19)20/h5-6,8,14-15H,3-4,7,9-10H2,1-2H3,(H,19,20). The zero-order valence-corrected chi connectivity index (χ0v) is 12.9. The van der Waals surface area contributed by atoms with E-state index in [1.165, 1.54) is 11.1 Å². The molecule has 1 aliphatic heterocycles. The zero-order valence-electron chi connectivity index (χ0n) is 12.1. The van der Waals surface area contributed by atoms with Crippen LogP contribution in [0.4, 0.5) is 0 Å². The second kappa shape index (κ2) is 6.59. The van der Waals surface area contributed by atoms with Crippen molar-refractivity contribution in [3.63, 3.8) is 0 Å². The summed E-state index contributed by atoms with van der Waals surface area (Å²) in [6.07, 6.45) is 1.72. The fourth-order valence-electron chi connectivity index (χ4n) is 2.71. The van der Waals surface area contributed by atoms with Gasteiger partial charge in [-0.1, -0.05) is 18.2 Å². The van der Waals surface area contributed by atoms with Crippen molar-refractivity contribution in [1.82, 2.24) is 4.90 Å². The quantitative estimate of drug-likeness (QED) is 0.866. The van der Waals surface area contributed by atoms with Crippen molar-refractivity contribution in [1.29, 1.82) is 0 Å². The summed E-state index contributed by atoms with van der Waals surface area (Å²) in [6, 6.07) is 6.29. The van der Waals surface area contributed by atoms with Crippen LogP contribution in [0.2, 0.25) is 0 Å². The molecular weight excluding hydrogens is 274 g/mol. The number of carbonyl (C=O) groups is 1. The van der Waals surface area contributed by atoms with Crippen molar-refractivity contribution in [3.8, 4) is 0 Å². The first kappa shape index (κ1) is 15.3. The van der Waals surface area contributed by atoms with E-state index in [-0.39, 0.29) is 11.3 Å². The molecule has 2 unspecified atom stereocenters. The molecule has 1 fully saturated rings. The second-order valence-electron chi connectivity index (χ2n) is 5.75. The Morgan fingerprint density at radius 1 is 1.45 bits per heavy atom. The van der Waals surface area contributed by atoms with E-state index in [0.717, 1.165) is 24.9 Å². The van der Waals surface area contributed by atoms with Gasteiger partial charge in [-0.05, 0) is 49.9 Å². The van der Waals surface area contributed by atoms with Gasteiger partial charge in [-0.2, -0.15) is 0 Å². The van der Waals surface area contributed by atoms with Gasteiger partial charge >= 0.3 is 5.97 Å². The van der Waals surface area contributed by atoms with Crippen molar-refractivity contribution in [3.05, 3.63) is 34.9 Å². The van der Waals surface area contributed by atoms with E-state index in [0.29, 0.717) is 13.1 Å². The van der Waals surface area contributed by atoms with Crippen LogP contribution in [0.15, 0.2) is 18.2 Å². The lowest BCUT2D eigenvalue weighted by atomic mass is 9.97. The van der Waals surface area contributed by atoms with Crippen LogP contribution < -0.4 is 0 Å². The highest BCUT2D eigenvalue weighted by atomic mass is 35.5. The molecule has 1 heterocycles. The molecule has 2 rings (SSSR count). The molecular formula is C16H22ClNO2. The Hall–Kier alpha value is -1.06. The first-order chi connectivity index (χ1) is 9.47. The molecule has 1 aliphatic rings. The van der Waals surface area contributed by atoms with E-state index in [9.17, 15) is 4.79 Å². The molecule has 4 heteroatoms. The number of piperidine rings is 1. The van der Waals surface area contributed by atoms with Gasteiger partial charge in [-0.3, -0.25) is 4.79 Å². The van der Waals surface area contributed by atoms with Gasteiger partial charge < -0.3 is 10.0 Å². The minimum atomic E-state index is -0.688. The van der Waals surface area contributed by atoms with E-state index in [1.807, 2.05) is 0 Å². The summed E-state index contributed by atoms with van der Waals surface area (Å²) in [6.45, 7) is 6.45. The molecule has 110 valence electrons. The van der Waals surface area contributed by atoms with Crippen LogP contribution >= 0.6 is 11.6 Å². The van der Waals surface area contributed by atoms with Gasteiger partial charge in [0, 0.05) is 13.1 Å². The average molecular weight is 296 g/mol. The summed E-state index contributed by atoms with van der Waals surface area (Å²) >= 11 is 6.50. The summed E-state index contributed by atoms with van der Waals surface area (Å²) in [5.74, 6) is -0.931. The number of aliphatic carboxylic acids is 1. The van der Waals surface area contributed by atoms with E-state index >= 15 is 0 Å². The Balaban J connectivity index is 1.98. The predicted octanol–water partition coefficient (Wildman–Crippen LogP) is 3.38. The number of hydrogen-bond donors (Lipinski definition) is 1. The first-order valence-corrected chi connectivity index (χ1v) is 7.57. The fourth-order valence-corrected chi connectivity index (χ4v) is 3.05. The lowest BCUT2D eigenvalue weighted by Gasteiger charge is -2.32. The molecule has 1 aromatic carbocycles. The van der Waals surface area contributed by atoms with Crippen molar-refractivity contribution in [2.24, 2.45) is 5.92 Å². The molecule has 20 heavy (non-hydrogen) atoms. The molecule has 1 aromatic rings. The molecule has 0 amide bonds. The second-order valence-corrected chi connectivity index (χ2v) is 6.28. The Bertz CT molecular complexity index is 489. The molecule has 0 saturated carbocycles. The Labute approximate surface area is 125 Å². The third-order valence-electron chi connectivity index (χ3n) is 4.17. The summed E-state index contributed by atoms with van der Waals surface area (Å²) in [7, 11) is 0. The third kappa shape index (κ3) is 3.74. The summed E-state index contributed by atoms with van der Waals surface area (Å²) < 4.78 is 0.